The maximum absolute atomic E-state index is 5.84. The number of halogens is 2. The number of hydrogen-bond acceptors (Lipinski definition) is 3. The molecule has 0 aromatic heterocycles. The minimum Gasteiger partial charge on any atom is -0.489 e. The summed E-state index contributed by atoms with van der Waals surface area (Å²) in [4.78, 5) is 0. The monoisotopic (exact) mass is 356 g/mol. The van der Waals surface area contributed by atoms with Gasteiger partial charge in [-0.25, -0.2) is 0 Å². The van der Waals surface area contributed by atoms with Gasteiger partial charge in [-0.3, -0.25) is 0 Å². The molecule has 2 aromatic rings. The minimum atomic E-state index is 0. The first-order valence-electron chi connectivity index (χ1n) is 7.49. The molecule has 0 heterocycles. The highest BCUT2D eigenvalue weighted by atomic mass is 35.5. The van der Waals surface area contributed by atoms with Gasteiger partial charge in [0.2, 0.25) is 0 Å². The molecule has 0 radical (unpaired) electrons. The SMILES string of the molecule is CNCCCNCc1cccc(OCc2ccccc2)c1.Cl.Cl. The maximum atomic E-state index is 5.84. The molecule has 0 amide bonds. The smallest absolute Gasteiger partial charge is 0.120 e. The molecule has 5 heteroatoms. The summed E-state index contributed by atoms with van der Waals surface area (Å²) in [5.41, 5.74) is 2.44. The molecule has 3 nitrogen and oxygen atoms in total. The highest BCUT2D eigenvalue weighted by Gasteiger charge is 1.98. The van der Waals surface area contributed by atoms with Crippen LogP contribution in [0.2, 0.25) is 0 Å². The lowest BCUT2D eigenvalue weighted by atomic mass is 10.2. The second kappa shape index (κ2) is 13.2. The van der Waals surface area contributed by atoms with Crippen molar-refractivity contribution in [3.63, 3.8) is 0 Å². The fraction of sp³-hybridized carbons (Fsp3) is 0.333. The van der Waals surface area contributed by atoms with E-state index in [1.165, 1.54) is 11.1 Å². The Morgan fingerprint density at radius 3 is 2.35 bits per heavy atom. The summed E-state index contributed by atoms with van der Waals surface area (Å²) in [5, 5.41) is 6.59. The lowest BCUT2D eigenvalue weighted by molar-refractivity contribution is 0.306. The van der Waals surface area contributed by atoms with E-state index in [0.29, 0.717) is 6.61 Å². The number of rotatable bonds is 9. The molecule has 128 valence electrons. The van der Waals surface area contributed by atoms with Crippen LogP contribution in [-0.4, -0.2) is 20.1 Å². The Morgan fingerprint density at radius 1 is 0.870 bits per heavy atom. The van der Waals surface area contributed by atoms with Crippen molar-refractivity contribution in [2.24, 2.45) is 0 Å². The number of benzene rings is 2. The predicted octanol–water partition coefficient (Wildman–Crippen LogP) is 3.81. The summed E-state index contributed by atoms with van der Waals surface area (Å²) < 4.78 is 5.84. The molecule has 2 aromatic carbocycles. The van der Waals surface area contributed by atoms with Crippen LogP contribution in [0, 0.1) is 0 Å². The summed E-state index contributed by atoms with van der Waals surface area (Å²) in [5.74, 6) is 0.924. The van der Waals surface area contributed by atoms with Crippen LogP contribution in [0.1, 0.15) is 17.5 Å². The van der Waals surface area contributed by atoms with E-state index in [0.717, 1.165) is 31.8 Å². The molecule has 2 rings (SSSR count). The molecule has 0 aliphatic rings. The average Bonchev–Trinajstić information content (AvgIpc) is 2.54. The third-order valence-electron chi connectivity index (χ3n) is 3.26. The molecule has 0 aliphatic heterocycles. The van der Waals surface area contributed by atoms with Crippen molar-refractivity contribution >= 4 is 24.8 Å². The fourth-order valence-corrected chi connectivity index (χ4v) is 2.11. The fourth-order valence-electron chi connectivity index (χ4n) is 2.11. The highest BCUT2D eigenvalue weighted by molar-refractivity contribution is 5.85. The van der Waals surface area contributed by atoms with Crippen molar-refractivity contribution in [3.05, 3.63) is 65.7 Å². The van der Waals surface area contributed by atoms with Crippen LogP contribution in [0.5, 0.6) is 5.75 Å². The van der Waals surface area contributed by atoms with Crippen molar-refractivity contribution < 1.29 is 4.74 Å². The second-order valence-corrected chi connectivity index (χ2v) is 5.06. The van der Waals surface area contributed by atoms with Crippen molar-refractivity contribution in [2.75, 3.05) is 20.1 Å². The first-order valence-corrected chi connectivity index (χ1v) is 7.49. The largest absolute Gasteiger partial charge is 0.489 e. The molecule has 2 N–H and O–H groups in total. The minimum absolute atomic E-state index is 0. The zero-order chi connectivity index (χ0) is 14.8. The summed E-state index contributed by atoms with van der Waals surface area (Å²) >= 11 is 0. The van der Waals surface area contributed by atoms with Crippen LogP contribution >= 0.6 is 24.8 Å². The molecule has 0 saturated heterocycles. The van der Waals surface area contributed by atoms with Gasteiger partial charge in [-0.1, -0.05) is 42.5 Å². The van der Waals surface area contributed by atoms with Crippen LogP contribution in [0.25, 0.3) is 0 Å². The van der Waals surface area contributed by atoms with Crippen molar-refractivity contribution in [2.45, 2.75) is 19.6 Å². The molecule has 0 atom stereocenters. The number of ether oxygens (including phenoxy) is 1. The highest BCUT2D eigenvalue weighted by Crippen LogP contribution is 2.15. The lowest BCUT2D eigenvalue weighted by Gasteiger charge is -2.09. The Kier molecular flexibility index (Phi) is 12.5. The predicted molar refractivity (Wildman–Crippen MR) is 102 cm³/mol. The molecule has 0 aliphatic carbocycles. The van der Waals surface area contributed by atoms with E-state index in [1.54, 1.807) is 0 Å². The first kappa shape index (κ1) is 21.7. The van der Waals surface area contributed by atoms with E-state index >= 15 is 0 Å². The van der Waals surface area contributed by atoms with Crippen molar-refractivity contribution in [3.8, 4) is 5.75 Å². The van der Waals surface area contributed by atoms with E-state index < -0.39 is 0 Å². The van der Waals surface area contributed by atoms with Gasteiger partial charge in [0, 0.05) is 6.54 Å². The average molecular weight is 357 g/mol. The zero-order valence-electron chi connectivity index (χ0n) is 13.5. The molecule has 0 bridgehead atoms. The number of nitrogens with one attached hydrogen (secondary N) is 2. The van der Waals surface area contributed by atoms with E-state index in [2.05, 4.69) is 34.9 Å². The molecule has 0 saturated carbocycles. The molecule has 0 unspecified atom stereocenters. The maximum Gasteiger partial charge on any atom is 0.120 e. The summed E-state index contributed by atoms with van der Waals surface area (Å²) in [6, 6.07) is 18.5. The summed E-state index contributed by atoms with van der Waals surface area (Å²) in [7, 11) is 1.98. The van der Waals surface area contributed by atoms with Crippen LogP contribution in [0.15, 0.2) is 54.6 Å². The Balaban J connectivity index is 0.00000242. The Hall–Kier alpha value is -1.26. The standard InChI is InChI=1S/C18H24N2O.2ClH/c1-19-11-6-12-20-14-17-9-5-10-18(13-17)21-15-16-7-3-2-4-8-16;;/h2-5,7-10,13,19-20H,6,11-12,14-15H2,1H3;2*1H. The van der Waals surface area contributed by atoms with E-state index in [1.807, 2.05) is 37.4 Å². The van der Waals surface area contributed by atoms with Gasteiger partial charge < -0.3 is 15.4 Å². The lowest BCUT2D eigenvalue weighted by Crippen LogP contribution is -2.19. The van der Waals surface area contributed by atoms with E-state index in [-0.39, 0.29) is 24.8 Å². The van der Waals surface area contributed by atoms with Gasteiger partial charge in [0.1, 0.15) is 12.4 Å². The van der Waals surface area contributed by atoms with Gasteiger partial charge in [-0.15, -0.1) is 24.8 Å². The third kappa shape index (κ3) is 8.82. The second-order valence-electron chi connectivity index (χ2n) is 5.06. The van der Waals surface area contributed by atoms with Crippen LogP contribution in [0.4, 0.5) is 0 Å². The normalized spacial score (nSPS) is 9.61. The zero-order valence-corrected chi connectivity index (χ0v) is 15.1. The van der Waals surface area contributed by atoms with Gasteiger partial charge in [0.15, 0.2) is 0 Å². The summed E-state index contributed by atoms with van der Waals surface area (Å²) in [6.07, 6.45) is 1.14. The van der Waals surface area contributed by atoms with Crippen LogP contribution in [0.3, 0.4) is 0 Å². The van der Waals surface area contributed by atoms with Crippen molar-refractivity contribution in [1.29, 1.82) is 0 Å². The summed E-state index contributed by atoms with van der Waals surface area (Å²) in [6.45, 7) is 3.56. The van der Waals surface area contributed by atoms with Crippen molar-refractivity contribution in [1.82, 2.24) is 10.6 Å². The molecule has 23 heavy (non-hydrogen) atoms. The molecular weight excluding hydrogens is 331 g/mol. The quantitative estimate of drug-likeness (QED) is 0.670. The van der Waals surface area contributed by atoms with Gasteiger partial charge in [0.05, 0.1) is 0 Å². The number of hydrogen-bond donors (Lipinski definition) is 2. The Bertz CT molecular complexity index is 523. The van der Waals surface area contributed by atoms with Gasteiger partial charge in [-0.05, 0) is 49.8 Å². The molecule has 0 spiro atoms. The topological polar surface area (TPSA) is 33.3 Å². The van der Waals surface area contributed by atoms with Gasteiger partial charge in [0.25, 0.3) is 0 Å². The van der Waals surface area contributed by atoms with E-state index in [4.69, 9.17) is 4.74 Å². The third-order valence-corrected chi connectivity index (χ3v) is 3.26. The first-order chi connectivity index (χ1) is 10.4. The van der Waals surface area contributed by atoms with Crippen LogP contribution in [-0.2, 0) is 13.2 Å². The molecule has 0 fully saturated rings. The Labute approximate surface area is 151 Å². The van der Waals surface area contributed by atoms with Gasteiger partial charge >= 0.3 is 0 Å². The Morgan fingerprint density at radius 2 is 1.61 bits per heavy atom. The van der Waals surface area contributed by atoms with Crippen LogP contribution < -0.4 is 15.4 Å². The molecular formula is C18H26Cl2N2O. The van der Waals surface area contributed by atoms with E-state index in [9.17, 15) is 0 Å². The van der Waals surface area contributed by atoms with Gasteiger partial charge in [-0.2, -0.15) is 0 Å².